The number of rotatable bonds is 2. The number of nitrogens with zero attached hydrogens (tertiary/aromatic N) is 1. The maximum absolute atomic E-state index is 6.17. The zero-order valence-corrected chi connectivity index (χ0v) is 10.1. The van der Waals surface area contributed by atoms with E-state index in [4.69, 9.17) is 10.5 Å². The Bertz CT molecular complexity index is 368. The average Bonchev–Trinajstić information content (AvgIpc) is 2.69. The van der Waals surface area contributed by atoms with Crippen molar-refractivity contribution in [2.24, 2.45) is 5.73 Å². The standard InChI is InChI=1S/C14H20N2O/c15-12-10-16(9-11-5-2-1-3-6-11)13-7-4-8-17-14(12)13/h1-3,5-6,12-14H,4,7-10,15H2/t12-,13+,14+/m0/s1. The third-order valence-electron chi connectivity index (χ3n) is 3.90. The second kappa shape index (κ2) is 4.77. The third-order valence-corrected chi connectivity index (χ3v) is 3.90. The molecule has 17 heavy (non-hydrogen) atoms. The van der Waals surface area contributed by atoms with Crippen molar-refractivity contribution in [3.8, 4) is 0 Å². The molecule has 0 aromatic heterocycles. The summed E-state index contributed by atoms with van der Waals surface area (Å²) in [6, 6.07) is 11.3. The highest BCUT2D eigenvalue weighted by atomic mass is 16.5. The highest BCUT2D eigenvalue weighted by molar-refractivity contribution is 5.15. The Hall–Kier alpha value is -0.900. The van der Waals surface area contributed by atoms with Gasteiger partial charge in [-0.1, -0.05) is 30.3 Å². The number of hydrogen-bond donors (Lipinski definition) is 1. The van der Waals surface area contributed by atoms with Crippen LogP contribution in [0, 0.1) is 0 Å². The molecule has 2 aliphatic heterocycles. The number of likely N-dealkylation sites (tertiary alicyclic amines) is 1. The quantitative estimate of drug-likeness (QED) is 0.837. The topological polar surface area (TPSA) is 38.5 Å². The first-order valence-electron chi connectivity index (χ1n) is 6.50. The first-order valence-corrected chi connectivity index (χ1v) is 6.50. The number of fused-ring (bicyclic) bond motifs is 1. The Kier molecular flexibility index (Phi) is 3.14. The molecule has 1 aromatic carbocycles. The van der Waals surface area contributed by atoms with Crippen molar-refractivity contribution in [2.75, 3.05) is 13.2 Å². The molecule has 2 aliphatic rings. The number of nitrogens with two attached hydrogens (primary N) is 1. The Morgan fingerprint density at radius 3 is 2.94 bits per heavy atom. The lowest BCUT2D eigenvalue weighted by Gasteiger charge is -2.32. The molecule has 1 aromatic rings. The predicted molar refractivity (Wildman–Crippen MR) is 67.6 cm³/mol. The molecule has 0 radical (unpaired) electrons. The maximum Gasteiger partial charge on any atom is 0.0893 e. The second-order valence-corrected chi connectivity index (χ2v) is 5.12. The zero-order valence-electron chi connectivity index (χ0n) is 10.1. The summed E-state index contributed by atoms with van der Waals surface area (Å²) < 4.78 is 5.82. The van der Waals surface area contributed by atoms with Crippen LogP contribution in [0.25, 0.3) is 0 Å². The van der Waals surface area contributed by atoms with Gasteiger partial charge in [0.2, 0.25) is 0 Å². The van der Waals surface area contributed by atoms with Crippen molar-refractivity contribution >= 4 is 0 Å². The molecule has 0 saturated carbocycles. The lowest BCUT2D eigenvalue weighted by Crippen LogP contribution is -2.43. The molecule has 3 rings (SSSR count). The number of hydrogen-bond acceptors (Lipinski definition) is 3. The third kappa shape index (κ3) is 2.23. The minimum atomic E-state index is 0.184. The van der Waals surface area contributed by atoms with Crippen molar-refractivity contribution < 1.29 is 4.74 Å². The molecule has 2 fully saturated rings. The van der Waals surface area contributed by atoms with Crippen LogP contribution in [0.1, 0.15) is 18.4 Å². The van der Waals surface area contributed by atoms with Gasteiger partial charge in [0.25, 0.3) is 0 Å². The van der Waals surface area contributed by atoms with Crippen molar-refractivity contribution in [3.05, 3.63) is 35.9 Å². The van der Waals surface area contributed by atoms with Crippen LogP contribution in [0.15, 0.2) is 30.3 Å². The van der Waals surface area contributed by atoms with Gasteiger partial charge in [0.05, 0.1) is 6.10 Å². The van der Waals surface area contributed by atoms with Crippen LogP contribution in [0.2, 0.25) is 0 Å². The molecule has 3 atom stereocenters. The molecule has 0 spiro atoms. The minimum absolute atomic E-state index is 0.184. The molecule has 0 aliphatic carbocycles. The van der Waals surface area contributed by atoms with E-state index in [1.807, 2.05) is 0 Å². The Morgan fingerprint density at radius 2 is 2.12 bits per heavy atom. The van der Waals surface area contributed by atoms with E-state index in [9.17, 15) is 0 Å². The van der Waals surface area contributed by atoms with E-state index in [1.54, 1.807) is 0 Å². The van der Waals surface area contributed by atoms with E-state index in [1.165, 1.54) is 18.4 Å². The molecule has 3 heteroatoms. The first-order chi connectivity index (χ1) is 8.34. The highest BCUT2D eigenvalue weighted by Gasteiger charge is 2.41. The van der Waals surface area contributed by atoms with E-state index in [0.29, 0.717) is 6.04 Å². The first kappa shape index (κ1) is 11.2. The van der Waals surface area contributed by atoms with Crippen molar-refractivity contribution in [2.45, 2.75) is 37.6 Å². The Morgan fingerprint density at radius 1 is 1.29 bits per heavy atom. The van der Waals surface area contributed by atoms with E-state index in [2.05, 4.69) is 35.2 Å². The monoisotopic (exact) mass is 232 g/mol. The highest BCUT2D eigenvalue weighted by Crippen LogP contribution is 2.29. The molecule has 92 valence electrons. The fourth-order valence-electron chi connectivity index (χ4n) is 3.10. The SMILES string of the molecule is N[C@H]1CN(Cc2ccccc2)[C@@H]2CCCO[C@@H]21. The predicted octanol–water partition coefficient (Wildman–Crippen LogP) is 1.38. The summed E-state index contributed by atoms with van der Waals surface area (Å²) in [5.41, 5.74) is 7.53. The fraction of sp³-hybridized carbons (Fsp3) is 0.571. The summed E-state index contributed by atoms with van der Waals surface area (Å²) in [5, 5.41) is 0. The van der Waals surface area contributed by atoms with Gasteiger partial charge in [-0.05, 0) is 18.4 Å². The number of ether oxygens (including phenoxy) is 1. The van der Waals surface area contributed by atoms with Gasteiger partial charge in [-0.2, -0.15) is 0 Å². The van der Waals surface area contributed by atoms with Gasteiger partial charge < -0.3 is 10.5 Å². The molecule has 0 amide bonds. The molecule has 2 heterocycles. The largest absolute Gasteiger partial charge is 0.375 e. The summed E-state index contributed by atoms with van der Waals surface area (Å²) in [4.78, 5) is 2.49. The van der Waals surface area contributed by atoms with Crippen LogP contribution in [0.4, 0.5) is 0 Å². The summed E-state index contributed by atoms with van der Waals surface area (Å²) in [5.74, 6) is 0. The second-order valence-electron chi connectivity index (χ2n) is 5.12. The van der Waals surface area contributed by atoms with E-state index < -0.39 is 0 Å². The maximum atomic E-state index is 6.17. The summed E-state index contributed by atoms with van der Waals surface area (Å²) in [6.07, 6.45) is 2.65. The van der Waals surface area contributed by atoms with Crippen LogP contribution >= 0.6 is 0 Å². The average molecular weight is 232 g/mol. The minimum Gasteiger partial charge on any atom is -0.375 e. The van der Waals surface area contributed by atoms with Gasteiger partial charge >= 0.3 is 0 Å². The van der Waals surface area contributed by atoms with E-state index >= 15 is 0 Å². The van der Waals surface area contributed by atoms with Crippen LogP contribution in [-0.4, -0.2) is 36.2 Å². The van der Waals surface area contributed by atoms with E-state index in [0.717, 1.165) is 19.7 Å². The molecular weight excluding hydrogens is 212 g/mol. The molecule has 2 saturated heterocycles. The Balaban J connectivity index is 1.71. The van der Waals surface area contributed by atoms with Gasteiger partial charge in [0.15, 0.2) is 0 Å². The van der Waals surface area contributed by atoms with Crippen LogP contribution in [0.3, 0.4) is 0 Å². The lowest BCUT2D eigenvalue weighted by atomic mass is 10.0. The van der Waals surface area contributed by atoms with Crippen LogP contribution in [-0.2, 0) is 11.3 Å². The van der Waals surface area contributed by atoms with E-state index in [-0.39, 0.29) is 12.1 Å². The van der Waals surface area contributed by atoms with Gasteiger partial charge in [-0.3, -0.25) is 4.90 Å². The molecule has 2 N–H and O–H groups in total. The normalized spacial score (nSPS) is 33.6. The Labute approximate surface area is 103 Å². The molecular formula is C14H20N2O. The molecule has 0 bridgehead atoms. The summed E-state index contributed by atoms with van der Waals surface area (Å²) >= 11 is 0. The van der Waals surface area contributed by atoms with Crippen LogP contribution in [0.5, 0.6) is 0 Å². The van der Waals surface area contributed by atoms with Crippen molar-refractivity contribution in [3.63, 3.8) is 0 Å². The summed E-state index contributed by atoms with van der Waals surface area (Å²) in [6.45, 7) is 2.84. The smallest absolute Gasteiger partial charge is 0.0893 e. The molecule has 0 unspecified atom stereocenters. The number of benzene rings is 1. The van der Waals surface area contributed by atoms with Gasteiger partial charge in [0, 0.05) is 31.8 Å². The lowest BCUT2D eigenvalue weighted by molar-refractivity contribution is -0.0176. The van der Waals surface area contributed by atoms with Crippen molar-refractivity contribution in [1.82, 2.24) is 4.90 Å². The van der Waals surface area contributed by atoms with Gasteiger partial charge in [-0.15, -0.1) is 0 Å². The van der Waals surface area contributed by atoms with Gasteiger partial charge in [-0.25, -0.2) is 0 Å². The summed E-state index contributed by atoms with van der Waals surface area (Å²) in [7, 11) is 0. The zero-order chi connectivity index (χ0) is 11.7. The van der Waals surface area contributed by atoms with Crippen molar-refractivity contribution in [1.29, 1.82) is 0 Å². The van der Waals surface area contributed by atoms with Gasteiger partial charge in [0.1, 0.15) is 0 Å². The fourth-order valence-corrected chi connectivity index (χ4v) is 3.10. The van der Waals surface area contributed by atoms with Crippen LogP contribution < -0.4 is 5.73 Å². The molecule has 3 nitrogen and oxygen atoms in total.